The predicted molar refractivity (Wildman–Crippen MR) is 115 cm³/mol. The van der Waals surface area contributed by atoms with E-state index in [0.717, 1.165) is 62.1 Å². The van der Waals surface area contributed by atoms with Crippen molar-refractivity contribution in [3.05, 3.63) is 64.4 Å². The van der Waals surface area contributed by atoms with Crippen LogP contribution in [0.1, 0.15) is 61.6 Å². The Morgan fingerprint density at radius 1 is 1.10 bits per heavy atom. The van der Waals surface area contributed by atoms with Gasteiger partial charge in [-0.05, 0) is 61.9 Å². The molecule has 0 radical (unpaired) electrons. The molecule has 168 valence electrons. The molecule has 2 aliphatic rings. The van der Waals surface area contributed by atoms with Crippen LogP contribution < -0.4 is 5.32 Å². The minimum absolute atomic E-state index is 0.191. The second-order valence-corrected chi connectivity index (χ2v) is 9.40. The van der Waals surface area contributed by atoms with E-state index in [1.165, 1.54) is 6.07 Å². The zero-order valence-corrected chi connectivity index (χ0v) is 18.2. The number of hydrogen-bond donors (Lipinski definition) is 1. The summed E-state index contributed by atoms with van der Waals surface area (Å²) in [5.41, 5.74) is 0.671. The molecule has 1 atom stereocenters. The fourth-order valence-corrected chi connectivity index (χ4v) is 5.50. The monoisotopic (exact) mass is 452 g/mol. The van der Waals surface area contributed by atoms with E-state index in [4.69, 9.17) is 16.3 Å². The zero-order valence-electron chi connectivity index (χ0n) is 17.5. The first-order valence-electron chi connectivity index (χ1n) is 10.9. The molecule has 1 aliphatic carbocycles. The Morgan fingerprint density at radius 2 is 1.90 bits per heavy atom. The van der Waals surface area contributed by atoms with Crippen LogP contribution in [0.3, 0.4) is 0 Å². The van der Waals surface area contributed by atoms with Crippen molar-refractivity contribution in [2.45, 2.75) is 68.7 Å². The van der Waals surface area contributed by atoms with Crippen molar-refractivity contribution in [2.75, 3.05) is 13.2 Å². The lowest BCUT2D eigenvalue weighted by Gasteiger charge is -2.47. The highest BCUT2D eigenvalue weighted by Crippen LogP contribution is 2.50. The van der Waals surface area contributed by atoms with E-state index in [-0.39, 0.29) is 11.0 Å². The van der Waals surface area contributed by atoms with Gasteiger partial charge in [0.1, 0.15) is 0 Å². The Balaban J connectivity index is 1.54. The van der Waals surface area contributed by atoms with E-state index in [2.05, 4.69) is 10.3 Å². The highest BCUT2D eigenvalue weighted by molar-refractivity contribution is 6.30. The maximum absolute atomic E-state index is 13.4. The highest BCUT2D eigenvalue weighted by atomic mass is 35.5. The van der Waals surface area contributed by atoms with Crippen molar-refractivity contribution in [2.24, 2.45) is 0 Å². The smallest absolute Gasteiger partial charge is 0.375 e. The molecule has 1 saturated heterocycles. The predicted octanol–water partition coefficient (Wildman–Crippen LogP) is 6.29. The number of hydrogen-bond acceptors (Lipinski definition) is 3. The number of benzene rings is 1. The first-order valence-corrected chi connectivity index (χ1v) is 11.3. The van der Waals surface area contributed by atoms with Gasteiger partial charge >= 0.3 is 6.18 Å². The zero-order chi connectivity index (χ0) is 22.0. The fraction of sp³-hybridized carbons (Fsp3) is 0.542. The van der Waals surface area contributed by atoms with E-state index in [0.29, 0.717) is 24.7 Å². The fourth-order valence-electron chi connectivity index (χ4n) is 5.30. The molecule has 2 fully saturated rings. The molecule has 7 heteroatoms. The second kappa shape index (κ2) is 9.08. The Bertz CT molecular complexity index is 898. The summed E-state index contributed by atoms with van der Waals surface area (Å²) < 4.78 is 46.5. The average molecular weight is 453 g/mol. The largest absolute Gasteiger partial charge is 0.416 e. The van der Waals surface area contributed by atoms with Crippen LogP contribution >= 0.6 is 11.6 Å². The summed E-state index contributed by atoms with van der Waals surface area (Å²) in [5, 5.41) is 4.02. The number of alkyl halides is 3. The van der Waals surface area contributed by atoms with Gasteiger partial charge < -0.3 is 10.1 Å². The topological polar surface area (TPSA) is 34.2 Å². The maximum Gasteiger partial charge on any atom is 0.416 e. The number of ether oxygens (including phenoxy) is 1. The second-order valence-electron chi connectivity index (χ2n) is 8.96. The summed E-state index contributed by atoms with van der Waals surface area (Å²) in [6.45, 7) is 1.90. The van der Waals surface area contributed by atoms with Gasteiger partial charge in [0.2, 0.25) is 0 Å². The standard InChI is InChI=1S/C24H28ClF3N2O/c25-21-12-18(15-30-16-21)14-29-10-8-22(9-11-31-23(17-22)6-1-2-7-23)19-4-3-5-20(13-19)24(26,27)28/h3-5,12-13,15-16,29H,1-2,6-11,14,17H2/t22-/m0/s1. The summed E-state index contributed by atoms with van der Waals surface area (Å²) >= 11 is 6.01. The molecule has 2 aromatic rings. The van der Waals surface area contributed by atoms with Crippen molar-refractivity contribution >= 4 is 11.6 Å². The van der Waals surface area contributed by atoms with Gasteiger partial charge in [-0.15, -0.1) is 0 Å². The normalized spacial score (nSPS) is 23.4. The Kier molecular flexibility index (Phi) is 6.61. The molecule has 1 N–H and O–H groups in total. The van der Waals surface area contributed by atoms with E-state index in [1.807, 2.05) is 12.1 Å². The SMILES string of the molecule is FC(F)(F)c1cccc([C@@]2(CCNCc3cncc(Cl)c3)CCOC3(CCCC3)C2)c1. The molecule has 2 heterocycles. The van der Waals surface area contributed by atoms with Crippen LogP contribution in [0.4, 0.5) is 13.2 Å². The molecular weight excluding hydrogens is 425 g/mol. The van der Waals surface area contributed by atoms with Gasteiger partial charge in [-0.2, -0.15) is 13.2 Å². The third-order valence-electron chi connectivity index (χ3n) is 6.84. The van der Waals surface area contributed by atoms with Crippen LogP contribution in [-0.4, -0.2) is 23.7 Å². The molecule has 4 rings (SSSR count). The van der Waals surface area contributed by atoms with E-state index in [1.54, 1.807) is 18.5 Å². The van der Waals surface area contributed by atoms with Gasteiger partial charge in [-0.3, -0.25) is 4.98 Å². The summed E-state index contributed by atoms with van der Waals surface area (Å²) in [7, 11) is 0. The molecule has 3 nitrogen and oxygen atoms in total. The number of halogens is 4. The lowest BCUT2D eigenvalue weighted by Crippen LogP contribution is -2.47. The number of pyridine rings is 1. The Hall–Kier alpha value is -1.63. The van der Waals surface area contributed by atoms with Crippen molar-refractivity contribution < 1.29 is 17.9 Å². The summed E-state index contributed by atoms with van der Waals surface area (Å²) in [6, 6.07) is 7.79. The average Bonchev–Trinajstić information content (AvgIpc) is 3.18. The molecule has 0 bridgehead atoms. The minimum Gasteiger partial charge on any atom is -0.375 e. The highest BCUT2D eigenvalue weighted by Gasteiger charge is 2.48. The van der Waals surface area contributed by atoms with Crippen molar-refractivity contribution in [1.29, 1.82) is 0 Å². The molecule has 0 unspecified atom stereocenters. The lowest BCUT2D eigenvalue weighted by atomic mass is 9.66. The Labute approximate surface area is 186 Å². The van der Waals surface area contributed by atoms with Crippen LogP contribution in [0.5, 0.6) is 0 Å². The van der Waals surface area contributed by atoms with Crippen LogP contribution in [-0.2, 0) is 22.9 Å². The maximum atomic E-state index is 13.4. The summed E-state index contributed by atoms with van der Waals surface area (Å²) in [4.78, 5) is 4.10. The minimum atomic E-state index is -4.34. The van der Waals surface area contributed by atoms with Gasteiger partial charge in [0.25, 0.3) is 0 Å². The summed E-state index contributed by atoms with van der Waals surface area (Å²) in [5.74, 6) is 0. The molecule has 1 aromatic heterocycles. The van der Waals surface area contributed by atoms with Crippen LogP contribution in [0.25, 0.3) is 0 Å². The third kappa shape index (κ3) is 5.24. The van der Waals surface area contributed by atoms with Gasteiger partial charge in [0.05, 0.1) is 16.2 Å². The van der Waals surface area contributed by atoms with Gasteiger partial charge in [-0.1, -0.05) is 42.6 Å². The quantitative estimate of drug-likeness (QED) is 0.522. The number of rotatable bonds is 6. The molecule has 1 aliphatic heterocycles. The van der Waals surface area contributed by atoms with Crippen LogP contribution in [0.15, 0.2) is 42.7 Å². The van der Waals surface area contributed by atoms with Crippen LogP contribution in [0.2, 0.25) is 5.02 Å². The molecule has 1 spiro atoms. The van der Waals surface area contributed by atoms with Gasteiger partial charge in [0.15, 0.2) is 0 Å². The molecule has 1 aromatic carbocycles. The van der Waals surface area contributed by atoms with Crippen LogP contribution in [0, 0.1) is 0 Å². The van der Waals surface area contributed by atoms with E-state index < -0.39 is 11.7 Å². The van der Waals surface area contributed by atoms with E-state index >= 15 is 0 Å². The van der Waals surface area contributed by atoms with Gasteiger partial charge in [0, 0.05) is 31.0 Å². The number of nitrogens with one attached hydrogen (secondary N) is 1. The van der Waals surface area contributed by atoms with E-state index in [9.17, 15) is 13.2 Å². The number of aromatic nitrogens is 1. The van der Waals surface area contributed by atoms with Gasteiger partial charge in [-0.25, -0.2) is 0 Å². The first kappa shape index (κ1) is 22.6. The molecular formula is C24H28ClF3N2O. The molecule has 0 amide bonds. The van der Waals surface area contributed by atoms with Crippen molar-refractivity contribution in [1.82, 2.24) is 10.3 Å². The lowest BCUT2D eigenvalue weighted by molar-refractivity contribution is -0.137. The molecule has 1 saturated carbocycles. The molecule has 31 heavy (non-hydrogen) atoms. The van der Waals surface area contributed by atoms with Crippen molar-refractivity contribution in [3.63, 3.8) is 0 Å². The van der Waals surface area contributed by atoms with Crippen molar-refractivity contribution in [3.8, 4) is 0 Å². The Morgan fingerprint density at radius 3 is 2.65 bits per heavy atom. The first-order chi connectivity index (χ1) is 14.8. The number of nitrogens with zero attached hydrogens (tertiary/aromatic N) is 1. The summed E-state index contributed by atoms with van der Waals surface area (Å²) in [6.07, 6.45) is 5.53. The third-order valence-corrected chi connectivity index (χ3v) is 7.04.